The van der Waals surface area contributed by atoms with Crippen LogP contribution in [0, 0.1) is 0 Å². The standard InChI is InChI=1S/C14H18F3N5O2S/c15-14(16,17)12(22-6-4-18-5-7-22)9-21-25(23,24)11-8-20-13-10(11)2-1-3-19-13/h1-3,8,12,18,21H,4-7,9H2,(H,19,20). The molecular weight excluding hydrogens is 359 g/mol. The van der Waals surface area contributed by atoms with Gasteiger partial charge in [0.25, 0.3) is 0 Å². The van der Waals surface area contributed by atoms with E-state index in [4.69, 9.17) is 0 Å². The van der Waals surface area contributed by atoms with Crippen LogP contribution < -0.4 is 10.0 Å². The number of sulfonamides is 1. The number of aromatic amines is 1. The smallest absolute Gasteiger partial charge is 0.345 e. The van der Waals surface area contributed by atoms with Crippen LogP contribution in [-0.4, -0.2) is 68.2 Å². The molecule has 0 radical (unpaired) electrons. The Morgan fingerprint density at radius 3 is 2.72 bits per heavy atom. The molecule has 7 nitrogen and oxygen atoms in total. The Morgan fingerprint density at radius 2 is 2.04 bits per heavy atom. The van der Waals surface area contributed by atoms with E-state index in [1.807, 2.05) is 0 Å². The third-order valence-corrected chi connectivity index (χ3v) is 5.60. The van der Waals surface area contributed by atoms with Crippen LogP contribution in [0.25, 0.3) is 11.0 Å². The van der Waals surface area contributed by atoms with Crippen molar-refractivity contribution in [1.82, 2.24) is 24.9 Å². The van der Waals surface area contributed by atoms with Gasteiger partial charge in [0.2, 0.25) is 10.0 Å². The second-order valence-electron chi connectivity index (χ2n) is 5.75. The van der Waals surface area contributed by atoms with Crippen molar-refractivity contribution in [3.63, 3.8) is 0 Å². The van der Waals surface area contributed by atoms with Gasteiger partial charge >= 0.3 is 6.18 Å². The highest BCUT2D eigenvalue weighted by molar-refractivity contribution is 7.89. The topological polar surface area (TPSA) is 90.1 Å². The molecule has 1 atom stereocenters. The predicted molar refractivity (Wildman–Crippen MR) is 85.6 cm³/mol. The number of aromatic nitrogens is 2. The largest absolute Gasteiger partial charge is 0.405 e. The second kappa shape index (κ2) is 6.90. The summed E-state index contributed by atoms with van der Waals surface area (Å²) in [6.07, 6.45) is -1.80. The summed E-state index contributed by atoms with van der Waals surface area (Å²) >= 11 is 0. The molecule has 2 aromatic rings. The molecule has 0 bridgehead atoms. The summed E-state index contributed by atoms with van der Waals surface area (Å²) in [6, 6.07) is 1.24. The van der Waals surface area contributed by atoms with Gasteiger partial charge in [0.1, 0.15) is 16.6 Å². The van der Waals surface area contributed by atoms with Crippen molar-refractivity contribution in [3.05, 3.63) is 24.5 Å². The summed E-state index contributed by atoms with van der Waals surface area (Å²) in [4.78, 5) is 7.82. The van der Waals surface area contributed by atoms with Gasteiger partial charge in [-0.1, -0.05) is 0 Å². The van der Waals surface area contributed by atoms with E-state index in [0.29, 0.717) is 24.1 Å². The average Bonchev–Trinajstić information content (AvgIpc) is 2.99. The lowest BCUT2D eigenvalue weighted by atomic mass is 10.2. The molecule has 1 saturated heterocycles. The van der Waals surface area contributed by atoms with Crippen molar-refractivity contribution in [2.45, 2.75) is 17.1 Å². The molecule has 138 valence electrons. The molecule has 2 aromatic heterocycles. The van der Waals surface area contributed by atoms with Crippen molar-refractivity contribution in [2.24, 2.45) is 0 Å². The van der Waals surface area contributed by atoms with Gasteiger partial charge in [0.15, 0.2) is 0 Å². The summed E-state index contributed by atoms with van der Waals surface area (Å²) in [7, 11) is -4.10. The number of hydrogen-bond donors (Lipinski definition) is 3. The van der Waals surface area contributed by atoms with E-state index < -0.39 is 28.8 Å². The molecule has 1 unspecified atom stereocenters. The Balaban J connectivity index is 1.79. The van der Waals surface area contributed by atoms with Crippen LogP contribution in [0.3, 0.4) is 0 Å². The number of nitrogens with one attached hydrogen (secondary N) is 3. The van der Waals surface area contributed by atoms with Crippen molar-refractivity contribution >= 4 is 21.1 Å². The van der Waals surface area contributed by atoms with Crippen molar-refractivity contribution in [1.29, 1.82) is 0 Å². The van der Waals surface area contributed by atoms with Crippen LogP contribution in [0.5, 0.6) is 0 Å². The zero-order valence-electron chi connectivity index (χ0n) is 13.2. The molecule has 0 aromatic carbocycles. The third kappa shape index (κ3) is 3.94. The summed E-state index contributed by atoms with van der Waals surface area (Å²) in [6.45, 7) is 0.561. The second-order valence-corrected chi connectivity index (χ2v) is 7.48. The van der Waals surface area contributed by atoms with Gasteiger partial charge in [-0.2, -0.15) is 13.2 Å². The first-order chi connectivity index (χ1) is 11.8. The molecule has 1 fully saturated rings. The molecule has 0 spiro atoms. The SMILES string of the molecule is O=S(=O)(NCC(N1CCNCC1)C(F)(F)F)c1c[nH]c2ncccc12. The van der Waals surface area contributed by atoms with E-state index in [9.17, 15) is 21.6 Å². The number of nitrogens with zero attached hydrogens (tertiary/aromatic N) is 2. The number of piperazine rings is 1. The fourth-order valence-corrected chi connectivity index (χ4v) is 4.07. The van der Waals surface area contributed by atoms with Crippen molar-refractivity contribution < 1.29 is 21.6 Å². The highest BCUT2D eigenvalue weighted by Gasteiger charge is 2.44. The lowest BCUT2D eigenvalue weighted by molar-refractivity contribution is -0.182. The molecule has 3 N–H and O–H groups in total. The maximum atomic E-state index is 13.4. The Hall–Kier alpha value is -1.69. The van der Waals surface area contributed by atoms with Crippen LogP contribution in [0.1, 0.15) is 0 Å². The van der Waals surface area contributed by atoms with E-state index in [1.54, 1.807) is 12.1 Å². The highest BCUT2D eigenvalue weighted by Crippen LogP contribution is 2.26. The van der Waals surface area contributed by atoms with Gasteiger partial charge in [0, 0.05) is 50.5 Å². The monoisotopic (exact) mass is 377 g/mol. The van der Waals surface area contributed by atoms with Gasteiger partial charge in [-0.25, -0.2) is 18.1 Å². The van der Waals surface area contributed by atoms with Crippen LogP contribution >= 0.6 is 0 Å². The molecule has 3 rings (SSSR count). The average molecular weight is 377 g/mol. The third-order valence-electron chi connectivity index (χ3n) is 4.14. The van der Waals surface area contributed by atoms with Crippen molar-refractivity contribution in [3.8, 4) is 0 Å². The maximum absolute atomic E-state index is 13.4. The first kappa shape index (κ1) is 18.1. The summed E-state index contributed by atoms with van der Waals surface area (Å²) in [5.74, 6) is 0. The van der Waals surface area contributed by atoms with Crippen LogP contribution in [0.15, 0.2) is 29.4 Å². The summed E-state index contributed by atoms with van der Waals surface area (Å²) < 4.78 is 67.1. The first-order valence-electron chi connectivity index (χ1n) is 7.72. The zero-order chi connectivity index (χ0) is 18.1. The minimum absolute atomic E-state index is 0.114. The molecule has 3 heterocycles. The van der Waals surface area contributed by atoms with Crippen LogP contribution in [0.2, 0.25) is 0 Å². The fraction of sp³-hybridized carbons (Fsp3) is 0.500. The zero-order valence-corrected chi connectivity index (χ0v) is 14.0. The Kier molecular flexibility index (Phi) is 5.00. The number of fused-ring (bicyclic) bond motifs is 1. The molecule has 11 heteroatoms. The maximum Gasteiger partial charge on any atom is 0.405 e. The van der Waals surface area contributed by atoms with E-state index in [2.05, 4.69) is 20.0 Å². The number of H-pyrrole nitrogens is 1. The highest BCUT2D eigenvalue weighted by atomic mass is 32.2. The molecular formula is C14H18F3N5O2S. The fourth-order valence-electron chi connectivity index (χ4n) is 2.87. The van der Waals surface area contributed by atoms with Gasteiger partial charge in [-0.15, -0.1) is 0 Å². The summed E-state index contributed by atoms with van der Waals surface area (Å²) in [5.41, 5.74) is 0.359. The first-order valence-corrected chi connectivity index (χ1v) is 9.20. The van der Waals surface area contributed by atoms with Crippen LogP contribution in [-0.2, 0) is 10.0 Å². The predicted octanol–water partition coefficient (Wildman–Crippen LogP) is 0.677. The number of halogens is 3. The van der Waals surface area contributed by atoms with Crippen molar-refractivity contribution in [2.75, 3.05) is 32.7 Å². The number of pyridine rings is 1. The summed E-state index contributed by atoms with van der Waals surface area (Å²) in [5, 5.41) is 3.31. The number of rotatable bonds is 5. The minimum atomic E-state index is -4.53. The Labute approximate surface area is 142 Å². The normalized spacial score (nSPS) is 18.5. The van der Waals surface area contributed by atoms with Crippen LogP contribution in [0.4, 0.5) is 13.2 Å². The minimum Gasteiger partial charge on any atom is -0.345 e. The number of hydrogen-bond acceptors (Lipinski definition) is 5. The number of alkyl halides is 3. The lowest BCUT2D eigenvalue weighted by Crippen LogP contribution is -2.57. The van der Waals surface area contributed by atoms with E-state index in [1.165, 1.54) is 17.3 Å². The Bertz CT molecular complexity index is 830. The molecule has 25 heavy (non-hydrogen) atoms. The molecule has 1 aliphatic heterocycles. The van der Waals surface area contributed by atoms with Gasteiger partial charge in [-0.3, -0.25) is 4.90 Å². The Morgan fingerprint density at radius 1 is 1.32 bits per heavy atom. The molecule has 0 saturated carbocycles. The van der Waals surface area contributed by atoms with E-state index in [-0.39, 0.29) is 18.0 Å². The van der Waals surface area contributed by atoms with Gasteiger partial charge in [0.05, 0.1) is 0 Å². The van der Waals surface area contributed by atoms with Gasteiger partial charge < -0.3 is 10.3 Å². The van der Waals surface area contributed by atoms with E-state index >= 15 is 0 Å². The molecule has 0 amide bonds. The van der Waals surface area contributed by atoms with E-state index in [0.717, 1.165) is 0 Å². The molecule has 1 aliphatic rings. The lowest BCUT2D eigenvalue weighted by Gasteiger charge is -2.35. The quantitative estimate of drug-likeness (QED) is 0.713. The molecule has 0 aliphatic carbocycles. The van der Waals surface area contributed by atoms with Gasteiger partial charge in [-0.05, 0) is 12.1 Å².